The molecule has 98 valence electrons. The molecule has 0 aromatic rings. The van der Waals surface area contributed by atoms with Crippen molar-refractivity contribution in [1.29, 1.82) is 0 Å². The van der Waals surface area contributed by atoms with Gasteiger partial charge in [0.1, 0.15) is 0 Å². The van der Waals surface area contributed by atoms with E-state index in [-0.39, 0.29) is 0 Å². The van der Waals surface area contributed by atoms with E-state index in [1.807, 2.05) is 6.92 Å². The average Bonchev–Trinajstić information content (AvgIpc) is 2.31. The fraction of sp³-hybridized carbons (Fsp3) is 1.00. The molecular formula is C10H27N5O. The maximum Gasteiger partial charge on any atom is 0.0653 e. The van der Waals surface area contributed by atoms with Gasteiger partial charge >= 0.3 is 0 Å². The van der Waals surface area contributed by atoms with Crippen molar-refractivity contribution in [3.63, 3.8) is 0 Å². The molecule has 0 heterocycles. The van der Waals surface area contributed by atoms with Crippen LogP contribution < -0.4 is 27.2 Å². The van der Waals surface area contributed by atoms with Crippen LogP contribution in [0, 0.1) is 0 Å². The summed E-state index contributed by atoms with van der Waals surface area (Å²) >= 11 is 0. The molecule has 6 N–H and O–H groups in total. The zero-order valence-corrected chi connectivity index (χ0v) is 10.3. The van der Waals surface area contributed by atoms with Crippen LogP contribution in [0.3, 0.4) is 0 Å². The minimum Gasteiger partial charge on any atom is -0.329 e. The quantitative estimate of drug-likeness (QED) is 0.192. The first-order valence-corrected chi connectivity index (χ1v) is 6.08. The Labute approximate surface area is 98.6 Å². The van der Waals surface area contributed by atoms with Gasteiger partial charge in [-0.25, -0.2) is 5.48 Å². The van der Waals surface area contributed by atoms with Crippen molar-refractivity contribution < 1.29 is 4.84 Å². The molecule has 0 radical (unpaired) electrons. The highest BCUT2D eigenvalue weighted by atomic mass is 16.6. The molecule has 16 heavy (non-hydrogen) atoms. The lowest BCUT2D eigenvalue weighted by Crippen LogP contribution is -2.36. The summed E-state index contributed by atoms with van der Waals surface area (Å²) in [7, 11) is 0. The van der Waals surface area contributed by atoms with Crippen LogP contribution >= 0.6 is 0 Å². The van der Waals surface area contributed by atoms with Crippen LogP contribution in [-0.4, -0.2) is 59.0 Å². The van der Waals surface area contributed by atoms with Gasteiger partial charge in [-0.2, -0.15) is 0 Å². The van der Waals surface area contributed by atoms with E-state index in [1.54, 1.807) is 0 Å². The average molecular weight is 233 g/mol. The van der Waals surface area contributed by atoms with Crippen LogP contribution in [0.25, 0.3) is 0 Å². The van der Waals surface area contributed by atoms with Crippen LogP contribution in [0.2, 0.25) is 0 Å². The second kappa shape index (κ2) is 14.8. The van der Waals surface area contributed by atoms with Crippen molar-refractivity contribution in [2.45, 2.75) is 6.92 Å². The summed E-state index contributed by atoms with van der Waals surface area (Å²) in [5, 5.41) is 9.86. The Kier molecular flexibility index (Phi) is 14.5. The van der Waals surface area contributed by atoms with E-state index in [0.29, 0.717) is 13.2 Å². The molecule has 0 aliphatic heterocycles. The van der Waals surface area contributed by atoms with E-state index >= 15 is 0 Å². The van der Waals surface area contributed by atoms with Gasteiger partial charge in [0.15, 0.2) is 0 Å². The predicted molar refractivity (Wildman–Crippen MR) is 67.3 cm³/mol. The van der Waals surface area contributed by atoms with E-state index < -0.39 is 0 Å². The van der Waals surface area contributed by atoms with Gasteiger partial charge in [-0.15, -0.1) is 0 Å². The summed E-state index contributed by atoms with van der Waals surface area (Å²) < 4.78 is 0. The summed E-state index contributed by atoms with van der Waals surface area (Å²) in [6.45, 7) is 9.95. The highest BCUT2D eigenvalue weighted by molar-refractivity contribution is 4.55. The highest BCUT2D eigenvalue weighted by Crippen LogP contribution is 1.64. The van der Waals surface area contributed by atoms with Crippen LogP contribution in [0.15, 0.2) is 0 Å². The summed E-state index contributed by atoms with van der Waals surface area (Å²) in [4.78, 5) is 4.99. The summed E-state index contributed by atoms with van der Waals surface area (Å²) in [5.41, 5.74) is 8.21. The van der Waals surface area contributed by atoms with Crippen molar-refractivity contribution in [2.24, 2.45) is 5.73 Å². The van der Waals surface area contributed by atoms with E-state index in [9.17, 15) is 0 Å². The number of nitrogens with one attached hydrogen (secondary N) is 4. The number of hydrogen-bond donors (Lipinski definition) is 5. The molecule has 0 unspecified atom stereocenters. The van der Waals surface area contributed by atoms with Crippen molar-refractivity contribution in [3.8, 4) is 0 Å². The Morgan fingerprint density at radius 3 is 1.81 bits per heavy atom. The SMILES string of the molecule is CCONCCNCCNCCNCCN. The maximum atomic E-state index is 5.35. The van der Waals surface area contributed by atoms with Crippen molar-refractivity contribution in [3.05, 3.63) is 0 Å². The van der Waals surface area contributed by atoms with Gasteiger partial charge in [0.25, 0.3) is 0 Å². The maximum absolute atomic E-state index is 5.35. The Morgan fingerprint density at radius 1 is 0.812 bits per heavy atom. The van der Waals surface area contributed by atoms with Crippen molar-refractivity contribution >= 4 is 0 Å². The summed E-state index contributed by atoms with van der Waals surface area (Å²) in [6.07, 6.45) is 0. The summed E-state index contributed by atoms with van der Waals surface area (Å²) in [6, 6.07) is 0. The molecule has 0 fully saturated rings. The molecule has 0 saturated carbocycles. The first kappa shape index (κ1) is 15.8. The minimum atomic E-state index is 0.703. The van der Waals surface area contributed by atoms with Crippen molar-refractivity contribution in [1.82, 2.24) is 21.4 Å². The van der Waals surface area contributed by atoms with Crippen LogP contribution in [0.4, 0.5) is 0 Å². The molecule has 0 amide bonds. The molecular weight excluding hydrogens is 206 g/mol. The normalized spacial score (nSPS) is 10.9. The number of hydrogen-bond acceptors (Lipinski definition) is 6. The zero-order valence-electron chi connectivity index (χ0n) is 10.3. The van der Waals surface area contributed by atoms with Crippen LogP contribution in [0.1, 0.15) is 6.92 Å². The molecule has 0 aromatic carbocycles. The molecule has 0 aliphatic carbocycles. The molecule has 0 spiro atoms. The third-order valence-electron chi connectivity index (χ3n) is 1.93. The Morgan fingerprint density at radius 2 is 1.31 bits per heavy atom. The fourth-order valence-corrected chi connectivity index (χ4v) is 1.14. The molecule has 0 bridgehead atoms. The Bertz CT molecular complexity index is 112. The molecule has 6 heteroatoms. The molecule has 0 atom stereocenters. The minimum absolute atomic E-state index is 0.703. The smallest absolute Gasteiger partial charge is 0.0653 e. The lowest BCUT2D eigenvalue weighted by molar-refractivity contribution is 0.0519. The number of rotatable bonds is 13. The Hall–Kier alpha value is -0.240. The number of hydroxylamine groups is 1. The molecule has 6 nitrogen and oxygen atoms in total. The monoisotopic (exact) mass is 233 g/mol. The highest BCUT2D eigenvalue weighted by Gasteiger charge is 1.89. The largest absolute Gasteiger partial charge is 0.329 e. The van der Waals surface area contributed by atoms with Gasteiger partial charge in [-0.1, -0.05) is 0 Å². The van der Waals surface area contributed by atoms with Crippen LogP contribution in [0.5, 0.6) is 0 Å². The molecule has 0 rings (SSSR count). The topological polar surface area (TPSA) is 83.4 Å². The molecule has 0 saturated heterocycles. The van der Waals surface area contributed by atoms with E-state index in [1.165, 1.54) is 0 Å². The van der Waals surface area contributed by atoms with E-state index in [4.69, 9.17) is 10.6 Å². The third kappa shape index (κ3) is 13.8. The fourth-order valence-electron chi connectivity index (χ4n) is 1.14. The van der Waals surface area contributed by atoms with Gasteiger partial charge in [-0.3, -0.25) is 0 Å². The van der Waals surface area contributed by atoms with Gasteiger partial charge in [0.2, 0.25) is 0 Å². The van der Waals surface area contributed by atoms with E-state index in [2.05, 4.69) is 21.4 Å². The van der Waals surface area contributed by atoms with Crippen LogP contribution in [-0.2, 0) is 4.84 Å². The van der Waals surface area contributed by atoms with Gasteiger partial charge in [0, 0.05) is 52.4 Å². The van der Waals surface area contributed by atoms with Gasteiger partial charge in [-0.05, 0) is 6.92 Å². The van der Waals surface area contributed by atoms with Gasteiger partial charge < -0.3 is 26.5 Å². The molecule has 0 aromatic heterocycles. The van der Waals surface area contributed by atoms with E-state index in [0.717, 1.165) is 45.8 Å². The van der Waals surface area contributed by atoms with Gasteiger partial charge in [0.05, 0.1) is 6.61 Å². The standard InChI is InChI=1S/C10H27N5O/c1-2-16-15-10-9-14-8-7-13-6-5-12-4-3-11/h12-15H,2-11H2,1H3. The molecule has 0 aliphatic rings. The second-order valence-corrected chi connectivity index (χ2v) is 3.37. The lowest BCUT2D eigenvalue weighted by Gasteiger charge is -2.07. The third-order valence-corrected chi connectivity index (χ3v) is 1.93. The first-order valence-electron chi connectivity index (χ1n) is 6.08. The second-order valence-electron chi connectivity index (χ2n) is 3.37. The predicted octanol–water partition coefficient (Wildman–Crippen LogP) is -1.74. The first-order chi connectivity index (χ1) is 7.91. The zero-order chi connectivity index (χ0) is 11.9. The summed E-state index contributed by atoms with van der Waals surface area (Å²) in [5.74, 6) is 0. The lowest BCUT2D eigenvalue weighted by atomic mass is 10.5. The Balaban J connectivity index is 2.83. The number of nitrogens with two attached hydrogens (primary N) is 1. The van der Waals surface area contributed by atoms with Crippen molar-refractivity contribution in [2.75, 3.05) is 59.0 Å².